The molecule has 0 saturated heterocycles. The molecule has 2 aromatic rings. The topological polar surface area (TPSA) is 57.2 Å². The molecule has 0 spiro atoms. The predicted molar refractivity (Wildman–Crippen MR) is 178 cm³/mol. The third kappa shape index (κ3) is 7.40. The van der Waals surface area contributed by atoms with Crippen LogP contribution in [0.3, 0.4) is 0 Å². The number of benzene rings is 2. The van der Waals surface area contributed by atoms with Crippen LogP contribution in [0.4, 0.5) is 0 Å². The van der Waals surface area contributed by atoms with Crippen LogP contribution in [-0.4, -0.2) is 18.2 Å². The standard InChI is InChI=1S/C28H42I.C10H18O3S/c1-25(2,3)19-15-13-17-21(23(19)27(7,8)9)29-22-18-14-16-20(26(4,5)6)24(22)28(10,11)12;1-9(2)7-4-5-10(9,3)8(6-7)14(11,12)13/h13-18H,1-12H3;7-8H,4-6H2,1-3H3,(H,11,12,13)/q+1;/p-1. The van der Waals surface area contributed by atoms with E-state index in [2.05, 4.69) is 133 Å². The number of rotatable bonds is 3. The molecule has 0 amide bonds. The zero-order chi connectivity index (χ0) is 33.2. The maximum atomic E-state index is 11.2. The van der Waals surface area contributed by atoms with Crippen molar-refractivity contribution in [2.45, 2.75) is 150 Å². The van der Waals surface area contributed by atoms with Gasteiger partial charge in [-0.2, -0.15) is 0 Å². The highest BCUT2D eigenvalue weighted by atomic mass is 127. The lowest BCUT2D eigenvalue weighted by Crippen LogP contribution is -3.62. The Balaban J connectivity index is 0.000000299. The maximum Gasteiger partial charge on any atom is 0.358 e. The number of hydrogen-bond acceptors (Lipinski definition) is 3. The molecule has 0 N–H and O–H groups in total. The second-order valence-electron chi connectivity index (χ2n) is 18.0. The van der Waals surface area contributed by atoms with Gasteiger partial charge in [0.1, 0.15) is 0 Å². The molecule has 0 aliphatic heterocycles. The van der Waals surface area contributed by atoms with Crippen molar-refractivity contribution >= 4 is 10.1 Å². The fourth-order valence-corrected chi connectivity index (χ4v) is 13.3. The second kappa shape index (κ2) is 11.7. The van der Waals surface area contributed by atoms with E-state index in [1.54, 1.807) is 18.3 Å². The van der Waals surface area contributed by atoms with Crippen molar-refractivity contribution in [3.05, 3.63) is 65.8 Å². The Morgan fingerprint density at radius 2 is 1.09 bits per heavy atom. The summed E-state index contributed by atoms with van der Waals surface area (Å²) in [4.78, 5) is 0. The molecule has 5 heteroatoms. The molecule has 2 aliphatic rings. The zero-order valence-corrected chi connectivity index (χ0v) is 32.7. The van der Waals surface area contributed by atoms with E-state index < -0.39 is 15.4 Å². The Morgan fingerprint density at radius 3 is 1.33 bits per heavy atom. The average molecular weight is 723 g/mol. The molecular weight excluding hydrogens is 663 g/mol. The Hall–Kier alpha value is -0.920. The van der Waals surface area contributed by atoms with E-state index >= 15 is 0 Å². The summed E-state index contributed by atoms with van der Waals surface area (Å²) in [6, 6.07) is 14.1. The molecule has 0 heterocycles. The normalized spacial score (nSPS) is 24.1. The lowest BCUT2D eigenvalue weighted by atomic mass is 9.71. The minimum Gasteiger partial charge on any atom is -0.748 e. The molecule has 3 atom stereocenters. The van der Waals surface area contributed by atoms with Gasteiger partial charge in [0.25, 0.3) is 0 Å². The van der Waals surface area contributed by atoms with Gasteiger partial charge in [0.15, 0.2) is 7.14 Å². The largest absolute Gasteiger partial charge is 0.748 e. The van der Waals surface area contributed by atoms with Gasteiger partial charge in [0.2, 0.25) is 0 Å². The molecule has 2 fully saturated rings. The second-order valence-corrected chi connectivity index (χ2v) is 22.4. The lowest BCUT2D eigenvalue weighted by molar-refractivity contribution is -0.599. The molecule has 3 nitrogen and oxygen atoms in total. The van der Waals surface area contributed by atoms with Crippen LogP contribution in [0.15, 0.2) is 36.4 Å². The average Bonchev–Trinajstić information content (AvgIpc) is 3.15. The quantitative estimate of drug-likeness (QED) is 0.260. The van der Waals surface area contributed by atoms with E-state index in [1.807, 2.05) is 6.92 Å². The number of fused-ring (bicyclic) bond motifs is 2. The van der Waals surface area contributed by atoms with Gasteiger partial charge in [0, 0.05) is 11.1 Å². The van der Waals surface area contributed by atoms with Crippen molar-refractivity contribution in [3.63, 3.8) is 0 Å². The Morgan fingerprint density at radius 1 is 0.698 bits per heavy atom. The SMILES string of the molecule is CC(C)(C)c1cccc([I+]c2cccc(C(C)(C)C)c2C(C)(C)C)c1C(C)(C)C.CC1(C)C2CCC1(C)C(S(=O)(=O)[O-])C2. The highest BCUT2D eigenvalue weighted by molar-refractivity contribution is 7.86. The summed E-state index contributed by atoms with van der Waals surface area (Å²) in [5.41, 5.74) is 6.46. The van der Waals surface area contributed by atoms with Gasteiger partial charge >= 0.3 is 21.2 Å². The van der Waals surface area contributed by atoms with Crippen molar-refractivity contribution < 1.29 is 34.2 Å². The summed E-state index contributed by atoms with van der Waals surface area (Å²) < 4.78 is 36.6. The summed E-state index contributed by atoms with van der Waals surface area (Å²) in [6.45, 7) is 34.5. The Bertz CT molecular complexity index is 1350. The monoisotopic (exact) mass is 722 g/mol. The van der Waals surface area contributed by atoms with E-state index in [0.29, 0.717) is 12.3 Å². The van der Waals surface area contributed by atoms with Crippen LogP contribution in [-0.2, 0) is 31.8 Å². The number of halogens is 1. The highest BCUT2D eigenvalue weighted by Crippen LogP contribution is 2.66. The summed E-state index contributed by atoms with van der Waals surface area (Å²) >= 11 is -0.277. The van der Waals surface area contributed by atoms with Crippen molar-refractivity contribution in [3.8, 4) is 0 Å². The minimum absolute atomic E-state index is 0.00907. The molecule has 3 unspecified atom stereocenters. The molecule has 0 radical (unpaired) electrons. The summed E-state index contributed by atoms with van der Waals surface area (Å²) in [7, 11) is -4.11. The summed E-state index contributed by atoms with van der Waals surface area (Å²) in [6.07, 6.45) is 2.54. The van der Waals surface area contributed by atoms with Crippen molar-refractivity contribution in [1.29, 1.82) is 0 Å². The molecule has 242 valence electrons. The van der Waals surface area contributed by atoms with Gasteiger partial charge in [-0.15, -0.1) is 0 Å². The van der Waals surface area contributed by atoms with E-state index in [4.69, 9.17) is 0 Å². The smallest absolute Gasteiger partial charge is 0.358 e. The van der Waals surface area contributed by atoms with Crippen molar-refractivity contribution in [2.24, 2.45) is 16.7 Å². The van der Waals surface area contributed by atoms with E-state index in [1.165, 1.54) is 11.1 Å². The van der Waals surface area contributed by atoms with Crippen LogP contribution < -0.4 is 21.2 Å². The lowest BCUT2D eigenvalue weighted by Gasteiger charge is -2.39. The van der Waals surface area contributed by atoms with Crippen LogP contribution in [0.5, 0.6) is 0 Å². The molecule has 2 saturated carbocycles. The van der Waals surface area contributed by atoms with Gasteiger partial charge in [-0.1, -0.05) is 128 Å². The van der Waals surface area contributed by atoms with Crippen LogP contribution in [0, 0.1) is 23.9 Å². The molecule has 2 aliphatic carbocycles. The maximum absolute atomic E-state index is 11.2. The summed E-state index contributed by atoms with van der Waals surface area (Å²) in [5.74, 6) is 0.418. The fourth-order valence-electron chi connectivity index (χ4n) is 7.66. The summed E-state index contributed by atoms with van der Waals surface area (Å²) in [5, 5.41) is -0.649. The fraction of sp³-hybridized carbons (Fsp3) is 0.684. The first-order valence-electron chi connectivity index (χ1n) is 16.0. The molecule has 4 rings (SSSR count). The minimum atomic E-state index is -4.11. The van der Waals surface area contributed by atoms with E-state index in [0.717, 1.165) is 12.8 Å². The zero-order valence-electron chi connectivity index (χ0n) is 29.8. The van der Waals surface area contributed by atoms with Crippen LogP contribution >= 0.6 is 0 Å². The first-order chi connectivity index (χ1) is 19.1. The van der Waals surface area contributed by atoms with Gasteiger partial charge in [-0.3, -0.25) is 0 Å². The van der Waals surface area contributed by atoms with Gasteiger partial charge in [-0.05, 0) is 80.9 Å². The molecule has 0 aromatic heterocycles. The van der Waals surface area contributed by atoms with Gasteiger partial charge in [-0.25, -0.2) is 8.42 Å². The van der Waals surface area contributed by atoms with Crippen molar-refractivity contribution in [1.82, 2.24) is 0 Å². The van der Waals surface area contributed by atoms with Crippen LogP contribution in [0.2, 0.25) is 0 Å². The third-order valence-corrected chi connectivity index (χ3v) is 14.8. The van der Waals surface area contributed by atoms with E-state index in [-0.39, 0.29) is 53.7 Å². The third-order valence-electron chi connectivity index (χ3n) is 10.4. The van der Waals surface area contributed by atoms with Crippen molar-refractivity contribution in [2.75, 3.05) is 0 Å². The van der Waals surface area contributed by atoms with Crippen LogP contribution in [0.1, 0.15) is 145 Å². The van der Waals surface area contributed by atoms with Gasteiger partial charge in [0.05, 0.1) is 15.4 Å². The first kappa shape index (κ1) is 36.5. The Kier molecular flexibility index (Phi) is 9.95. The predicted octanol–water partition coefficient (Wildman–Crippen LogP) is 6.75. The molecular formula is C38H59IO3S. The highest BCUT2D eigenvalue weighted by Gasteiger charge is 2.63. The molecule has 2 bridgehead atoms. The number of hydrogen-bond donors (Lipinski definition) is 0. The van der Waals surface area contributed by atoms with Crippen LogP contribution in [0.25, 0.3) is 0 Å². The molecule has 43 heavy (non-hydrogen) atoms. The Labute approximate surface area is 275 Å². The molecule has 2 aromatic carbocycles. The van der Waals surface area contributed by atoms with E-state index in [9.17, 15) is 13.0 Å². The van der Waals surface area contributed by atoms with Gasteiger partial charge < -0.3 is 4.55 Å². The first-order valence-corrected chi connectivity index (χ1v) is 19.6.